The molecule has 0 aliphatic heterocycles. The molecule has 0 aliphatic rings. The zero-order valence-electron chi connectivity index (χ0n) is 23.9. The van der Waals surface area contributed by atoms with E-state index >= 15 is 0 Å². The van der Waals surface area contributed by atoms with Crippen LogP contribution >= 0.6 is 0 Å². The lowest BCUT2D eigenvalue weighted by Gasteiger charge is -2.26. The minimum atomic E-state index is 0.753. The van der Waals surface area contributed by atoms with E-state index in [1.165, 1.54) is 26.9 Å². The van der Waals surface area contributed by atoms with Gasteiger partial charge in [-0.25, -0.2) is 4.98 Å². The Labute approximate surface area is 256 Å². The average Bonchev–Trinajstić information content (AvgIpc) is 3.66. The molecule has 6 aromatic carbocycles. The number of hydrogen-bond donors (Lipinski definition) is 0. The average molecular weight is 578 g/mol. The second-order valence-electron chi connectivity index (χ2n) is 11.4. The molecule has 0 N–H and O–H groups in total. The van der Waals surface area contributed by atoms with Gasteiger partial charge in [-0.3, -0.25) is 9.88 Å². The van der Waals surface area contributed by atoms with E-state index in [4.69, 9.17) is 13.8 Å². The fourth-order valence-electron chi connectivity index (χ4n) is 6.91. The summed E-state index contributed by atoms with van der Waals surface area (Å²) in [6, 6.07) is 42.4. The molecule has 4 heterocycles. The lowest BCUT2D eigenvalue weighted by Crippen LogP contribution is -2.12. The van der Waals surface area contributed by atoms with Crippen LogP contribution in [0.3, 0.4) is 0 Å². The predicted octanol–water partition coefficient (Wildman–Crippen LogP) is 11.2. The summed E-state index contributed by atoms with van der Waals surface area (Å²) < 4.78 is 12.7. The Hall–Kier alpha value is -6.20. The number of rotatable bonds is 3. The third kappa shape index (κ3) is 3.55. The normalized spacial score (nSPS) is 12.0. The van der Waals surface area contributed by atoms with Gasteiger partial charge in [0.15, 0.2) is 5.58 Å². The van der Waals surface area contributed by atoms with Crippen LogP contribution in [0.15, 0.2) is 149 Å². The number of pyridine rings is 2. The molecular formula is C40H23N3O2. The number of anilines is 3. The molecule has 0 radical (unpaired) electrons. The molecule has 10 aromatic rings. The second kappa shape index (κ2) is 9.15. The molecule has 0 saturated carbocycles. The molecule has 45 heavy (non-hydrogen) atoms. The van der Waals surface area contributed by atoms with Crippen molar-refractivity contribution in [1.82, 2.24) is 9.97 Å². The van der Waals surface area contributed by atoms with Crippen molar-refractivity contribution in [3.63, 3.8) is 0 Å². The number of furan rings is 2. The number of para-hydroxylation sites is 1. The quantitative estimate of drug-likeness (QED) is 0.196. The minimum absolute atomic E-state index is 0.753. The summed E-state index contributed by atoms with van der Waals surface area (Å²) >= 11 is 0. The topological polar surface area (TPSA) is 55.3 Å². The van der Waals surface area contributed by atoms with E-state index in [2.05, 4.69) is 101 Å². The fourth-order valence-corrected chi connectivity index (χ4v) is 6.91. The highest BCUT2D eigenvalue weighted by Gasteiger charge is 2.22. The van der Waals surface area contributed by atoms with Crippen LogP contribution in [0.25, 0.3) is 76.2 Å². The van der Waals surface area contributed by atoms with E-state index in [0.29, 0.717) is 0 Å². The van der Waals surface area contributed by atoms with Gasteiger partial charge < -0.3 is 8.83 Å². The lowest BCUT2D eigenvalue weighted by molar-refractivity contribution is 0.667. The van der Waals surface area contributed by atoms with Gasteiger partial charge in [-0.1, -0.05) is 78.9 Å². The molecule has 0 bridgehead atoms. The first-order chi connectivity index (χ1) is 22.3. The number of benzene rings is 6. The van der Waals surface area contributed by atoms with Gasteiger partial charge >= 0.3 is 0 Å². The van der Waals surface area contributed by atoms with Crippen LogP contribution in [-0.2, 0) is 0 Å². The third-order valence-electron chi connectivity index (χ3n) is 8.98. The Morgan fingerprint density at radius 3 is 2.07 bits per heavy atom. The first-order valence-electron chi connectivity index (χ1n) is 15.0. The zero-order chi connectivity index (χ0) is 29.5. The molecule has 0 unspecified atom stereocenters. The van der Waals surface area contributed by atoms with Crippen molar-refractivity contribution in [2.24, 2.45) is 0 Å². The van der Waals surface area contributed by atoms with Crippen molar-refractivity contribution in [2.75, 3.05) is 4.90 Å². The molecule has 5 heteroatoms. The van der Waals surface area contributed by atoms with Crippen molar-refractivity contribution in [2.45, 2.75) is 0 Å². The van der Waals surface area contributed by atoms with E-state index in [1.807, 2.05) is 36.5 Å². The SMILES string of the molecule is c1ccc2c(c1)ccc1c3ccccc3c(N(c3ccc4c(c3)oc3cnccc34)c3cc4oc5ccccc5c4cn3)cc21. The van der Waals surface area contributed by atoms with Crippen LogP contribution in [-0.4, -0.2) is 9.97 Å². The molecule has 0 spiro atoms. The first kappa shape index (κ1) is 24.3. The summed E-state index contributed by atoms with van der Waals surface area (Å²) in [5.41, 5.74) is 5.15. The van der Waals surface area contributed by atoms with Crippen LogP contribution < -0.4 is 4.90 Å². The fraction of sp³-hybridized carbons (Fsp3) is 0. The van der Waals surface area contributed by atoms with E-state index in [9.17, 15) is 0 Å². The molecule has 0 aliphatic carbocycles. The summed E-state index contributed by atoms with van der Waals surface area (Å²) in [5.74, 6) is 0.753. The van der Waals surface area contributed by atoms with Gasteiger partial charge in [-0.15, -0.1) is 0 Å². The monoisotopic (exact) mass is 577 g/mol. The molecular weight excluding hydrogens is 554 g/mol. The van der Waals surface area contributed by atoms with Crippen molar-refractivity contribution in [1.29, 1.82) is 0 Å². The van der Waals surface area contributed by atoms with E-state index in [-0.39, 0.29) is 0 Å². The molecule has 5 nitrogen and oxygen atoms in total. The van der Waals surface area contributed by atoms with Gasteiger partial charge in [0.25, 0.3) is 0 Å². The number of aromatic nitrogens is 2. The molecule has 10 rings (SSSR count). The van der Waals surface area contributed by atoms with Crippen LogP contribution in [0.5, 0.6) is 0 Å². The Balaban J connectivity index is 1.31. The van der Waals surface area contributed by atoms with Crippen molar-refractivity contribution >= 4 is 93.4 Å². The van der Waals surface area contributed by atoms with Crippen molar-refractivity contribution in [3.05, 3.63) is 140 Å². The molecule has 0 fully saturated rings. The van der Waals surface area contributed by atoms with Crippen molar-refractivity contribution < 1.29 is 8.83 Å². The molecule has 0 saturated heterocycles. The Morgan fingerprint density at radius 1 is 0.444 bits per heavy atom. The van der Waals surface area contributed by atoms with Crippen LogP contribution in [0.2, 0.25) is 0 Å². The number of hydrogen-bond acceptors (Lipinski definition) is 5. The molecule has 4 aromatic heterocycles. The maximum atomic E-state index is 6.35. The Kier molecular flexibility index (Phi) is 4.93. The first-order valence-corrected chi connectivity index (χ1v) is 15.0. The van der Waals surface area contributed by atoms with E-state index in [0.717, 1.165) is 66.5 Å². The van der Waals surface area contributed by atoms with Gasteiger partial charge in [-0.2, -0.15) is 0 Å². The Morgan fingerprint density at radius 2 is 1.13 bits per heavy atom. The summed E-state index contributed by atoms with van der Waals surface area (Å²) in [5, 5.41) is 11.3. The van der Waals surface area contributed by atoms with Gasteiger partial charge in [-0.05, 0) is 57.3 Å². The van der Waals surface area contributed by atoms with E-state index in [1.54, 1.807) is 12.4 Å². The summed E-state index contributed by atoms with van der Waals surface area (Å²) in [6.45, 7) is 0. The second-order valence-corrected chi connectivity index (χ2v) is 11.4. The minimum Gasteiger partial charge on any atom is -0.456 e. The molecule has 210 valence electrons. The maximum absolute atomic E-state index is 6.35. The Bertz CT molecular complexity index is 2680. The molecule has 0 atom stereocenters. The third-order valence-corrected chi connectivity index (χ3v) is 8.98. The molecule has 0 amide bonds. The van der Waals surface area contributed by atoms with Gasteiger partial charge in [0.05, 0.1) is 17.6 Å². The van der Waals surface area contributed by atoms with Crippen LogP contribution in [0.4, 0.5) is 17.2 Å². The van der Waals surface area contributed by atoms with Crippen LogP contribution in [0, 0.1) is 0 Å². The highest BCUT2D eigenvalue weighted by atomic mass is 16.3. The number of fused-ring (bicyclic) bond motifs is 11. The van der Waals surface area contributed by atoms with Gasteiger partial charge in [0.1, 0.15) is 22.6 Å². The number of nitrogens with zero attached hydrogens (tertiary/aromatic N) is 3. The predicted molar refractivity (Wildman–Crippen MR) is 184 cm³/mol. The van der Waals surface area contributed by atoms with E-state index < -0.39 is 0 Å². The highest BCUT2D eigenvalue weighted by molar-refractivity contribution is 6.21. The van der Waals surface area contributed by atoms with Crippen molar-refractivity contribution in [3.8, 4) is 0 Å². The highest BCUT2D eigenvalue weighted by Crippen LogP contribution is 2.45. The largest absolute Gasteiger partial charge is 0.456 e. The zero-order valence-corrected chi connectivity index (χ0v) is 23.9. The lowest BCUT2D eigenvalue weighted by atomic mass is 9.95. The summed E-state index contributed by atoms with van der Waals surface area (Å²) in [6.07, 6.45) is 5.49. The standard InChI is InChI=1S/C40H23N3O2/c1-2-8-26-24(7-1)13-15-28-27-9-3-4-10-29(27)35(20-33(26)28)43(25-14-16-31-32-17-18-41-23-39(32)45-37(31)19-25)40-21-38-34(22-42-40)30-11-5-6-12-36(30)44-38/h1-23H. The smallest absolute Gasteiger partial charge is 0.153 e. The summed E-state index contributed by atoms with van der Waals surface area (Å²) in [7, 11) is 0. The van der Waals surface area contributed by atoms with Gasteiger partial charge in [0.2, 0.25) is 0 Å². The van der Waals surface area contributed by atoms with Gasteiger partial charge in [0, 0.05) is 51.5 Å². The summed E-state index contributed by atoms with van der Waals surface area (Å²) in [4.78, 5) is 11.6. The van der Waals surface area contributed by atoms with Crippen LogP contribution in [0.1, 0.15) is 0 Å². The maximum Gasteiger partial charge on any atom is 0.153 e.